The summed E-state index contributed by atoms with van der Waals surface area (Å²) in [5, 5.41) is 24.1. The van der Waals surface area contributed by atoms with Crippen LogP contribution in [0, 0.1) is 0 Å². The van der Waals surface area contributed by atoms with E-state index in [1.807, 2.05) is 0 Å². The van der Waals surface area contributed by atoms with E-state index in [1.165, 1.54) is 0 Å². The van der Waals surface area contributed by atoms with E-state index < -0.39 is 66.7 Å². The van der Waals surface area contributed by atoms with E-state index in [2.05, 4.69) is 28.6 Å². The molecule has 0 aliphatic carbocycles. The van der Waals surface area contributed by atoms with E-state index >= 15 is 0 Å². The van der Waals surface area contributed by atoms with Crippen molar-refractivity contribution in [3.63, 3.8) is 0 Å². The minimum Gasteiger partial charge on any atom is -0.481 e. The molecule has 0 radical (unpaired) electrons. The monoisotopic (exact) mass is 421 g/mol. The summed E-state index contributed by atoms with van der Waals surface area (Å²) in [6.07, 6.45) is -1.29. The fourth-order valence-corrected chi connectivity index (χ4v) is 1.99. The maximum Gasteiger partial charge on any atom is 0.326 e. The van der Waals surface area contributed by atoms with Gasteiger partial charge in [0.15, 0.2) is 0 Å². The summed E-state index contributed by atoms with van der Waals surface area (Å²) in [5.74, 6) is -6.28. The second kappa shape index (κ2) is 12.5. The van der Waals surface area contributed by atoms with Gasteiger partial charge in [-0.2, -0.15) is 12.6 Å². The molecule has 0 heterocycles. The fourth-order valence-electron chi connectivity index (χ4n) is 1.83. The average molecular weight is 421 g/mol. The topological polar surface area (TPSA) is 231 Å². The first kappa shape index (κ1) is 25.1. The van der Waals surface area contributed by atoms with Crippen molar-refractivity contribution in [3.05, 3.63) is 0 Å². The molecule has 4 amide bonds. The number of carboxylic acids is 2. The normalized spacial score (nSPS) is 13.5. The molecule has 0 bridgehead atoms. The number of carboxylic acid groups (broad SMARTS) is 2. The molecule has 3 unspecified atom stereocenters. The van der Waals surface area contributed by atoms with Crippen molar-refractivity contribution in [3.8, 4) is 0 Å². The van der Waals surface area contributed by atoms with Crippen LogP contribution in [0.1, 0.15) is 19.3 Å². The van der Waals surface area contributed by atoms with Gasteiger partial charge in [0.05, 0.1) is 19.0 Å². The zero-order valence-corrected chi connectivity index (χ0v) is 15.6. The van der Waals surface area contributed by atoms with Gasteiger partial charge in [-0.15, -0.1) is 0 Å². The minimum absolute atomic E-state index is 0.0441. The molecule has 158 valence electrons. The van der Waals surface area contributed by atoms with Crippen LogP contribution in [-0.2, 0) is 28.8 Å². The van der Waals surface area contributed by atoms with Crippen LogP contribution in [0.15, 0.2) is 0 Å². The van der Waals surface area contributed by atoms with E-state index in [9.17, 15) is 28.8 Å². The Balaban J connectivity index is 4.78. The first-order valence-corrected chi connectivity index (χ1v) is 8.57. The summed E-state index contributed by atoms with van der Waals surface area (Å²) in [7, 11) is 0. The van der Waals surface area contributed by atoms with Crippen molar-refractivity contribution < 1.29 is 39.0 Å². The summed E-state index contributed by atoms with van der Waals surface area (Å²) >= 11 is 3.81. The van der Waals surface area contributed by atoms with Gasteiger partial charge in [0.1, 0.15) is 12.1 Å². The number of nitrogens with one attached hydrogen (secondary N) is 3. The standard InChI is InChI=1S/C14H23N5O8S/c15-6(5-28)12(24)19-8(3-11(22)23)13(25)17-4-10(21)18-7(14(26)27)1-2-9(16)20/h6-8,28H,1-5,15H2,(H2,16,20)(H,17,25)(H,18,21)(H,19,24)(H,22,23)(H,26,27). The van der Waals surface area contributed by atoms with Gasteiger partial charge in [-0.3, -0.25) is 24.0 Å². The van der Waals surface area contributed by atoms with Gasteiger partial charge in [-0.25, -0.2) is 4.79 Å². The van der Waals surface area contributed by atoms with Gasteiger partial charge in [0, 0.05) is 12.2 Å². The third-order valence-electron chi connectivity index (χ3n) is 3.28. The molecule has 0 aliphatic heterocycles. The molecule has 28 heavy (non-hydrogen) atoms. The first-order chi connectivity index (χ1) is 13.0. The fraction of sp³-hybridized carbons (Fsp3) is 0.571. The molecule has 0 aromatic heterocycles. The van der Waals surface area contributed by atoms with Gasteiger partial charge in [0.25, 0.3) is 0 Å². The Morgan fingerprint density at radius 2 is 1.57 bits per heavy atom. The molecule has 0 aromatic rings. The van der Waals surface area contributed by atoms with Crippen LogP contribution in [0.2, 0.25) is 0 Å². The maximum absolute atomic E-state index is 12.1. The van der Waals surface area contributed by atoms with Gasteiger partial charge in [0.2, 0.25) is 23.6 Å². The lowest BCUT2D eigenvalue weighted by atomic mass is 10.1. The van der Waals surface area contributed by atoms with E-state index in [0.717, 1.165) is 0 Å². The number of amides is 4. The summed E-state index contributed by atoms with van der Waals surface area (Å²) in [6.45, 7) is -0.691. The van der Waals surface area contributed by atoms with Crippen molar-refractivity contribution in [2.24, 2.45) is 11.5 Å². The Bertz CT molecular complexity index is 629. The molecular formula is C14H23N5O8S. The highest BCUT2D eigenvalue weighted by Gasteiger charge is 2.26. The zero-order valence-electron chi connectivity index (χ0n) is 14.7. The number of hydrogen-bond donors (Lipinski definition) is 8. The largest absolute Gasteiger partial charge is 0.481 e. The highest BCUT2D eigenvalue weighted by atomic mass is 32.1. The highest BCUT2D eigenvalue weighted by Crippen LogP contribution is 1.98. The van der Waals surface area contributed by atoms with Crippen LogP contribution in [0.5, 0.6) is 0 Å². The Labute approximate surface area is 165 Å². The number of hydrogen-bond acceptors (Lipinski definition) is 8. The van der Waals surface area contributed by atoms with Crippen molar-refractivity contribution in [2.75, 3.05) is 12.3 Å². The van der Waals surface area contributed by atoms with Crippen LogP contribution in [0.3, 0.4) is 0 Å². The molecule has 13 nitrogen and oxygen atoms in total. The molecule has 14 heteroatoms. The van der Waals surface area contributed by atoms with E-state index in [4.69, 9.17) is 21.7 Å². The summed E-state index contributed by atoms with van der Waals surface area (Å²) in [5.41, 5.74) is 10.3. The lowest BCUT2D eigenvalue weighted by Crippen LogP contribution is -2.54. The third-order valence-corrected chi connectivity index (χ3v) is 3.67. The van der Waals surface area contributed by atoms with Crippen molar-refractivity contribution in [1.29, 1.82) is 0 Å². The smallest absolute Gasteiger partial charge is 0.326 e. The van der Waals surface area contributed by atoms with E-state index in [1.54, 1.807) is 0 Å². The number of rotatable bonds is 13. The molecule has 3 atom stereocenters. The predicted molar refractivity (Wildman–Crippen MR) is 97.0 cm³/mol. The number of nitrogens with two attached hydrogens (primary N) is 2. The van der Waals surface area contributed by atoms with Crippen molar-refractivity contribution >= 4 is 48.2 Å². The molecule has 0 aliphatic rings. The summed E-state index contributed by atoms with van der Waals surface area (Å²) < 4.78 is 0. The molecule has 0 saturated heterocycles. The van der Waals surface area contributed by atoms with E-state index in [-0.39, 0.29) is 18.6 Å². The van der Waals surface area contributed by atoms with Crippen molar-refractivity contribution in [1.82, 2.24) is 16.0 Å². The van der Waals surface area contributed by atoms with E-state index in [0.29, 0.717) is 0 Å². The molecule has 0 rings (SSSR count). The molecular weight excluding hydrogens is 398 g/mol. The lowest BCUT2D eigenvalue weighted by molar-refractivity contribution is -0.142. The number of primary amides is 1. The quantitative estimate of drug-likeness (QED) is 0.136. The van der Waals surface area contributed by atoms with Crippen molar-refractivity contribution in [2.45, 2.75) is 37.4 Å². The summed E-state index contributed by atoms with van der Waals surface area (Å²) in [4.78, 5) is 68.2. The molecule has 0 spiro atoms. The molecule has 0 fully saturated rings. The highest BCUT2D eigenvalue weighted by molar-refractivity contribution is 7.80. The van der Waals surface area contributed by atoms with Gasteiger partial charge >= 0.3 is 11.9 Å². The average Bonchev–Trinajstić information content (AvgIpc) is 2.60. The second-order valence-corrected chi connectivity index (χ2v) is 5.99. The van der Waals surface area contributed by atoms with Crippen LogP contribution in [-0.4, -0.2) is 76.2 Å². The molecule has 0 saturated carbocycles. The zero-order chi connectivity index (χ0) is 21.9. The van der Waals surface area contributed by atoms with Gasteiger partial charge in [-0.05, 0) is 6.42 Å². The number of aliphatic carboxylic acids is 2. The number of carbonyl (C=O) groups excluding carboxylic acids is 4. The Morgan fingerprint density at radius 3 is 2.04 bits per heavy atom. The maximum atomic E-state index is 12.1. The van der Waals surface area contributed by atoms with Crippen LogP contribution < -0.4 is 27.4 Å². The second-order valence-electron chi connectivity index (χ2n) is 5.63. The lowest BCUT2D eigenvalue weighted by Gasteiger charge is -2.19. The van der Waals surface area contributed by atoms with Gasteiger partial charge < -0.3 is 37.6 Å². The first-order valence-electron chi connectivity index (χ1n) is 7.94. The number of thiol groups is 1. The third kappa shape index (κ3) is 10.3. The van der Waals surface area contributed by atoms with Crippen LogP contribution >= 0.6 is 12.6 Å². The molecule has 0 aromatic carbocycles. The summed E-state index contributed by atoms with van der Waals surface area (Å²) in [6, 6.07) is -3.98. The SMILES string of the molecule is NC(=O)CCC(NC(=O)CNC(=O)C(CC(=O)O)NC(=O)C(N)CS)C(=O)O. The van der Waals surface area contributed by atoms with Crippen LogP contribution in [0.4, 0.5) is 0 Å². The predicted octanol–water partition coefficient (Wildman–Crippen LogP) is -3.85. The van der Waals surface area contributed by atoms with Gasteiger partial charge in [-0.1, -0.05) is 0 Å². The molecule has 9 N–H and O–H groups in total. The Morgan fingerprint density at radius 1 is 0.964 bits per heavy atom. The Hall–Kier alpha value is -2.87. The van der Waals surface area contributed by atoms with Crippen LogP contribution in [0.25, 0.3) is 0 Å². The Kier molecular flexibility index (Phi) is 11.2. The number of carbonyl (C=O) groups is 6. The minimum atomic E-state index is -1.51.